The maximum absolute atomic E-state index is 6.00. The molecular weight excluding hydrogens is 287 g/mol. The van der Waals surface area contributed by atoms with E-state index in [0.29, 0.717) is 22.3 Å². The van der Waals surface area contributed by atoms with Crippen molar-refractivity contribution in [1.29, 1.82) is 0 Å². The molecule has 0 saturated carbocycles. The smallest absolute Gasteiger partial charge is 0.399 e. The Labute approximate surface area is 121 Å². The summed E-state index contributed by atoms with van der Waals surface area (Å²) >= 11 is 11.8. The van der Waals surface area contributed by atoms with E-state index in [0.717, 1.165) is 18.7 Å². The van der Waals surface area contributed by atoms with Crippen LogP contribution >= 0.6 is 23.2 Å². The van der Waals surface area contributed by atoms with Gasteiger partial charge in [-0.2, -0.15) is 4.98 Å². The quantitative estimate of drug-likeness (QED) is 0.809. The third-order valence-corrected chi connectivity index (χ3v) is 2.89. The largest absolute Gasteiger partial charge is 0.417 e. The predicted molar refractivity (Wildman–Crippen MR) is 75.0 cm³/mol. The van der Waals surface area contributed by atoms with Gasteiger partial charge in [0.25, 0.3) is 0 Å². The minimum Gasteiger partial charge on any atom is -0.417 e. The number of nitrogens with one attached hydrogen (secondary N) is 1. The van der Waals surface area contributed by atoms with Gasteiger partial charge < -0.3 is 14.5 Å². The number of hydrogen-bond donors (Lipinski definition) is 1. The molecule has 0 saturated heterocycles. The molecule has 2 aromatic rings. The van der Waals surface area contributed by atoms with Crippen molar-refractivity contribution in [3.8, 4) is 11.8 Å². The number of oxazole rings is 1. The maximum atomic E-state index is 6.00. The van der Waals surface area contributed by atoms with E-state index in [-0.39, 0.29) is 6.08 Å². The van der Waals surface area contributed by atoms with Crippen LogP contribution in [-0.4, -0.2) is 11.5 Å². The molecule has 1 heterocycles. The van der Waals surface area contributed by atoms with Crippen LogP contribution in [0.2, 0.25) is 10.0 Å². The molecule has 1 aromatic heterocycles. The van der Waals surface area contributed by atoms with Gasteiger partial charge >= 0.3 is 6.08 Å². The first-order valence-corrected chi connectivity index (χ1v) is 6.72. The molecule has 0 fully saturated rings. The Morgan fingerprint density at radius 2 is 2.21 bits per heavy atom. The van der Waals surface area contributed by atoms with E-state index >= 15 is 0 Å². The summed E-state index contributed by atoms with van der Waals surface area (Å²) in [6.45, 7) is 3.69. The monoisotopic (exact) mass is 300 g/mol. The van der Waals surface area contributed by atoms with Crippen LogP contribution in [0.15, 0.2) is 28.9 Å². The SMILES string of the molecule is CCCNCc1coc(Oc2ccc(Cl)cc2Cl)n1. The van der Waals surface area contributed by atoms with E-state index < -0.39 is 0 Å². The Kier molecular flexibility index (Phi) is 5.07. The van der Waals surface area contributed by atoms with Crippen LogP contribution in [0.5, 0.6) is 11.8 Å². The zero-order chi connectivity index (χ0) is 13.7. The number of halogens is 2. The summed E-state index contributed by atoms with van der Waals surface area (Å²) in [5.74, 6) is 0.459. The molecule has 0 spiro atoms. The van der Waals surface area contributed by atoms with Gasteiger partial charge in [-0.15, -0.1) is 0 Å². The average molecular weight is 301 g/mol. The summed E-state index contributed by atoms with van der Waals surface area (Å²) in [6.07, 6.45) is 2.79. The van der Waals surface area contributed by atoms with Gasteiger partial charge in [0.05, 0.1) is 10.7 Å². The van der Waals surface area contributed by atoms with Crippen LogP contribution in [0.25, 0.3) is 0 Å². The summed E-state index contributed by atoms with van der Waals surface area (Å²) in [5, 5.41) is 4.19. The minimum absolute atomic E-state index is 0.164. The molecule has 2 rings (SSSR count). The van der Waals surface area contributed by atoms with E-state index in [1.165, 1.54) is 0 Å². The third-order valence-electron chi connectivity index (χ3n) is 2.35. The number of ether oxygens (including phenoxy) is 1. The van der Waals surface area contributed by atoms with Crippen molar-refractivity contribution in [2.75, 3.05) is 6.54 Å². The van der Waals surface area contributed by atoms with Gasteiger partial charge in [0, 0.05) is 11.6 Å². The molecule has 0 bridgehead atoms. The van der Waals surface area contributed by atoms with Crippen LogP contribution in [-0.2, 0) is 6.54 Å². The van der Waals surface area contributed by atoms with Crippen molar-refractivity contribution in [2.45, 2.75) is 19.9 Å². The summed E-state index contributed by atoms with van der Waals surface area (Å²) in [5.41, 5.74) is 0.786. The van der Waals surface area contributed by atoms with Crippen molar-refractivity contribution in [1.82, 2.24) is 10.3 Å². The topological polar surface area (TPSA) is 47.3 Å². The van der Waals surface area contributed by atoms with Crippen molar-refractivity contribution >= 4 is 23.2 Å². The number of hydrogen-bond acceptors (Lipinski definition) is 4. The number of aromatic nitrogens is 1. The highest BCUT2D eigenvalue weighted by Gasteiger charge is 2.09. The second-order valence-electron chi connectivity index (χ2n) is 3.96. The Balaban J connectivity index is 1.99. The predicted octanol–water partition coefficient (Wildman–Crippen LogP) is 4.27. The second kappa shape index (κ2) is 6.80. The highest BCUT2D eigenvalue weighted by molar-refractivity contribution is 6.35. The highest BCUT2D eigenvalue weighted by Crippen LogP contribution is 2.31. The van der Waals surface area contributed by atoms with Gasteiger partial charge in [0.15, 0.2) is 5.75 Å². The number of benzene rings is 1. The molecule has 0 amide bonds. The number of nitrogens with zero attached hydrogens (tertiary/aromatic N) is 1. The van der Waals surface area contributed by atoms with E-state index in [4.69, 9.17) is 32.4 Å². The summed E-state index contributed by atoms with van der Waals surface area (Å²) in [6, 6.07) is 4.96. The Hall–Kier alpha value is -1.23. The van der Waals surface area contributed by atoms with Gasteiger partial charge in [0.2, 0.25) is 0 Å². The van der Waals surface area contributed by atoms with Crippen LogP contribution in [0, 0.1) is 0 Å². The molecular formula is C13H14Cl2N2O2. The van der Waals surface area contributed by atoms with E-state index in [9.17, 15) is 0 Å². The molecule has 0 unspecified atom stereocenters. The van der Waals surface area contributed by atoms with E-state index in [1.807, 2.05) is 0 Å². The number of rotatable bonds is 6. The summed E-state index contributed by atoms with van der Waals surface area (Å²) < 4.78 is 10.7. The lowest BCUT2D eigenvalue weighted by Gasteiger charge is -2.03. The summed E-state index contributed by atoms with van der Waals surface area (Å²) in [4.78, 5) is 4.20. The second-order valence-corrected chi connectivity index (χ2v) is 4.80. The lowest BCUT2D eigenvalue weighted by Crippen LogP contribution is -2.13. The van der Waals surface area contributed by atoms with Gasteiger partial charge in [-0.1, -0.05) is 30.1 Å². The van der Waals surface area contributed by atoms with Crippen LogP contribution in [0.4, 0.5) is 0 Å². The Morgan fingerprint density at radius 3 is 2.95 bits per heavy atom. The third kappa shape index (κ3) is 4.13. The lowest BCUT2D eigenvalue weighted by atomic mass is 10.3. The Morgan fingerprint density at radius 1 is 1.37 bits per heavy atom. The zero-order valence-electron chi connectivity index (χ0n) is 10.5. The van der Waals surface area contributed by atoms with Gasteiger partial charge in [0.1, 0.15) is 6.26 Å². The van der Waals surface area contributed by atoms with Crippen LogP contribution in [0.3, 0.4) is 0 Å². The molecule has 0 aliphatic rings. The minimum atomic E-state index is 0.164. The fourth-order valence-electron chi connectivity index (χ4n) is 1.46. The van der Waals surface area contributed by atoms with Crippen molar-refractivity contribution in [3.05, 3.63) is 40.2 Å². The standard InChI is InChI=1S/C13H14Cl2N2O2/c1-2-5-16-7-10-8-18-13(17-10)19-12-4-3-9(14)6-11(12)15/h3-4,6,8,16H,2,5,7H2,1H3. The molecule has 0 aliphatic heterocycles. The van der Waals surface area contributed by atoms with Gasteiger partial charge in [-0.3, -0.25) is 0 Å². The first-order chi connectivity index (χ1) is 9.19. The molecule has 6 heteroatoms. The van der Waals surface area contributed by atoms with Crippen LogP contribution < -0.4 is 10.1 Å². The molecule has 19 heavy (non-hydrogen) atoms. The van der Waals surface area contributed by atoms with Gasteiger partial charge in [-0.25, -0.2) is 0 Å². The molecule has 0 radical (unpaired) electrons. The molecule has 1 aromatic carbocycles. The van der Waals surface area contributed by atoms with Crippen molar-refractivity contribution < 1.29 is 9.15 Å². The lowest BCUT2D eigenvalue weighted by molar-refractivity contribution is 0.331. The molecule has 0 atom stereocenters. The van der Waals surface area contributed by atoms with Crippen molar-refractivity contribution in [3.63, 3.8) is 0 Å². The maximum Gasteiger partial charge on any atom is 0.399 e. The highest BCUT2D eigenvalue weighted by atomic mass is 35.5. The Bertz CT molecular complexity index is 543. The fraction of sp³-hybridized carbons (Fsp3) is 0.308. The van der Waals surface area contributed by atoms with Crippen LogP contribution in [0.1, 0.15) is 19.0 Å². The molecule has 102 valence electrons. The van der Waals surface area contributed by atoms with E-state index in [2.05, 4.69) is 17.2 Å². The first-order valence-electron chi connectivity index (χ1n) is 5.97. The molecule has 0 aliphatic carbocycles. The first kappa shape index (κ1) is 14.2. The summed E-state index contributed by atoms with van der Waals surface area (Å²) in [7, 11) is 0. The van der Waals surface area contributed by atoms with Crippen molar-refractivity contribution in [2.24, 2.45) is 0 Å². The molecule has 1 N–H and O–H groups in total. The molecule has 4 nitrogen and oxygen atoms in total. The van der Waals surface area contributed by atoms with Gasteiger partial charge in [-0.05, 0) is 31.2 Å². The average Bonchev–Trinajstić information content (AvgIpc) is 2.81. The fourth-order valence-corrected chi connectivity index (χ4v) is 1.91. The zero-order valence-corrected chi connectivity index (χ0v) is 12.0. The normalized spacial score (nSPS) is 10.7. The van der Waals surface area contributed by atoms with E-state index in [1.54, 1.807) is 24.5 Å².